The Kier molecular flexibility index (Phi) is 5.92. The summed E-state index contributed by atoms with van der Waals surface area (Å²) in [6, 6.07) is 5.88. The van der Waals surface area contributed by atoms with Gasteiger partial charge in [-0.25, -0.2) is 4.99 Å². The van der Waals surface area contributed by atoms with Crippen LogP contribution >= 0.6 is 0 Å². The summed E-state index contributed by atoms with van der Waals surface area (Å²) < 4.78 is 10.9. The SMILES string of the molecule is CCOc1cc(CN=C(N)N2CCC(C)CC2)ccc1OC. The van der Waals surface area contributed by atoms with Crippen LogP contribution in [0.3, 0.4) is 0 Å². The highest BCUT2D eigenvalue weighted by Gasteiger charge is 2.16. The lowest BCUT2D eigenvalue weighted by Gasteiger charge is -2.31. The molecule has 1 aliphatic heterocycles. The topological polar surface area (TPSA) is 60.1 Å². The van der Waals surface area contributed by atoms with E-state index < -0.39 is 0 Å². The third kappa shape index (κ3) is 4.29. The lowest BCUT2D eigenvalue weighted by atomic mass is 10.00. The molecule has 0 spiro atoms. The van der Waals surface area contributed by atoms with Crippen LogP contribution in [0.4, 0.5) is 0 Å². The Morgan fingerprint density at radius 1 is 1.32 bits per heavy atom. The standard InChI is InChI=1S/C17H27N3O2/c1-4-22-16-11-14(5-6-15(16)21-3)12-19-17(18)20-9-7-13(2)8-10-20/h5-6,11,13H,4,7-10,12H2,1-3H3,(H2,18,19). The van der Waals surface area contributed by atoms with Crippen LogP contribution in [0.25, 0.3) is 0 Å². The Morgan fingerprint density at radius 3 is 2.68 bits per heavy atom. The maximum atomic E-state index is 6.11. The molecule has 2 rings (SSSR count). The average Bonchev–Trinajstić information content (AvgIpc) is 2.54. The molecule has 1 aromatic carbocycles. The molecule has 1 fully saturated rings. The van der Waals surface area contributed by atoms with Gasteiger partial charge >= 0.3 is 0 Å². The summed E-state index contributed by atoms with van der Waals surface area (Å²) in [6.07, 6.45) is 2.38. The molecule has 0 atom stereocenters. The first-order valence-corrected chi connectivity index (χ1v) is 7.98. The zero-order valence-electron chi connectivity index (χ0n) is 13.8. The molecule has 0 amide bonds. The molecule has 0 saturated carbocycles. The normalized spacial score (nSPS) is 16.7. The van der Waals surface area contributed by atoms with Gasteiger partial charge in [-0.15, -0.1) is 0 Å². The molecule has 1 saturated heterocycles. The van der Waals surface area contributed by atoms with Crippen molar-refractivity contribution >= 4 is 5.96 Å². The molecule has 22 heavy (non-hydrogen) atoms. The fourth-order valence-electron chi connectivity index (χ4n) is 2.60. The number of piperidine rings is 1. The van der Waals surface area contributed by atoms with Crippen molar-refractivity contribution in [3.63, 3.8) is 0 Å². The highest BCUT2D eigenvalue weighted by molar-refractivity contribution is 5.78. The number of aliphatic imine (C=N–C) groups is 1. The van der Waals surface area contributed by atoms with E-state index in [0.717, 1.165) is 36.1 Å². The Morgan fingerprint density at radius 2 is 2.05 bits per heavy atom. The third-order valence-electron chi connectivity index (χ3n) is 4.06. The molecule has 0 radical (unpaired) electrons. The third-order valence-corrected chi connectivity index (χ3v) is 4.06. The molecule has 1 heterocycles. The number of nitrogens with zero attached hydrogens (tertiary/aromatic N) is 2. The molecule has 122 valence electrons. The first kappa shape index (κ1) is 16.5. The van der Waals surface area contributed by atoms with E-state index in [1.165, 1.54) is 12.8 Å². The predicted molar refractivity (Wildman–Crippen MR) is 89.5 cm³/mol. The highest BCUT2D eigenvalue weighted by Crippen LogP contribution is 2.28. The van der Waals surface area contributed by atoms with E-state index in [1.54, 1.807) is 7.11 Å². The van der Waals surface area contributed by atoms with Crippen LogP contribution in [0.15, 0.2) is 23.2 Å². The number of ether oxygens (including phenoxy) is 2. The van der Waals surface area contributed by atoms with E-state index in [0.29, 0.717) is 19.1 Å². The summed E-state index contributed by atoms with van der Waals surface area (Å²) in [5.41, 5.74) is 7.18. The number of hydrogen-bond donors (Lipinski definition) is 1. The second-order valence-electron chi connectivity index (χ2n) is 5.76. The van der Waals surface area contributed by atoms with Crippen molar-refractivity contribution in [1.29, 1.82) is 0 Å². The lowest BCUT2D eigenvalue weighted by molar-refractivity contribution is 0.277. The van der Waals surface area contributed by atoms with Crippen molar-refractivity contribution in [3.8, 4) is 11.5 Å². The van der Waals surface area contributed by atoms with E-state index >= 15 is 0 Å². The summed E-state index contributed by atoms with van der Waals surface area (Å²) >= 11 is 0. The fourth-order valence-corrected chi connectivity index (χ4v) is 2.60. The molecule has 5 nitrogen and oxygen atoms in total. The van der Waals surface area contributed by atoms with E-state index in [2.05, 4.69) is 16.8 Å². The second kappa shape index (κ2) is 7.92. The van der Waals surface area contributed by atoms with E-state index in [-0.39, 0.29) is 0 Å². The summed E-state index contributed by atoms with van der Waals surface area (Å²) in [7, 11) is 1.64. The fraction of sp³-hybridized carbons (Fsp3) is 0.588. The van der Waals surface area contributed by atoms with Crippen LogP contribution in [0, 0.1) is 5.92 Å². The van der Waals surface area contributed by atoms with E-state index in [9.17, 15) is 0 Å². The lowest BCUT2D eigenvalue weighted by Crippen LogP contribution is -2.42. The predicted octanol–water partition coefficient (Wildman–Crippen LogP) is 2.64. The number of rotatable bonds is 5. The number of methoxy groups -OCH3 is 1. The number of likely N-dealkylation sites (tertiary alicyclic amines) is 1. The van der Waals surface area contributed by atoms with Crippen LogP contribution in [0.1, 0.15) is 32.3 Å². The number of guanidine groups is 1. The minimum absolute atomic E-state index is 0.557. The van der Waals surface area contributed by atoms with Crippen LogP contribution in [-0.2, 0) is 6.54 Å². The number of hydrogen-bond acceptors (Lipinski definition) is 3. The van der Waals surface area contributed by atoms with Crippen molar-refractivity contribution in [2.24, 2.45) is 16.6 Å². The van der Waals surface area contributed by atoms with Crippen molar-refractivity contribution < 1.29 is 9.47 Å². The minimum atomic E-state index is 0.557. The van der Waals surface area contributed by atoms with Gasteiger partial charge in [-0.05, 0) is 43.4 Å². The number of benzene rings is 1. The first-order chi connectivity index (χ1) is 10.6. The monoisotopic (exact) mass is 305 g/mol. The molecule has 0 unspecified atom stereocenters. The van der Waals surface area contributed by atoms with Gasteiger partial charge in [-0.1, -0.05) is 13.0 Å². The van der Waals surface area contributed by atoms with Gasteiger partial charge < -0.3 is 20.1 Å². The molecule has 1 aromatic rings. The summed E-state index contributed by atoms with van der Waals surface area (Å²) in [4.78, 5) is 6.70. The number of nitrogens with two attached hydrogens (primary N) is 1. The van der Waals surface area contributed by atoms with Crippen molar-refractivity contribution in [2.75, 3.05) is 26.8 Å². The van der Waals surface area contributed by atoms with Crippen LogP contribution in [0.2, 0.25) is 0 Å². The summed E-state index contributed by atoms with van der Waals surface area (Å²) in [5.74, 6) is 2.93. The van der Waals surface area contributed by atoms with Gasteiger partial charge in [0, 0.05) is 13.1 Å². The molecular formula is C17H27N3O2. The van der Waals surface area contributed by atoms with E-state index in [4.69, 9.17) is 15.2 Å². The van der Waals surface area contributed by atoms with Gasteiger partial charge in [0.15, 0.2) is 17.5 Å². The summed E-state index contributed by atoms with van der Waals surface area (Å²) in [6.45, 7) is 7.42. The molecule has 0 aromatic heterocycles. The first-order valence-electron chi connectivity index (χ1n) is 7.98. The van der Waals surface area contributed by atoms with Crippen molar-refractivity contribution in [3.05, 3.63) is 23.8 Å². The summed E-state index contributed by atoms with van der Waals surface area (Å²) in [5, 5.41) is 0. The molecule has 0 bridgehead atoms. The minimum Gasteiger partial charge on any atom is -0.493 e. The molecule has 1 aliphatic rings. The van der Waals surface area contributed by atoms with Crippen molar-refractivity contribution in [2.45, 2.75) is 33.2 Å². The highest BCUT2D eigenvalue weighted by atomic mass is 16.5. The van der Waals surface area contributed by atoms with Gasteiger partial charge in [0.25, 0.3) is 0 Å². The Balaban J connectivity index is 2.00. The van der Waals surface area contributed by atoms with Crippen LogP contribution in [-0.4, -0.2) is 37.7 Å². The Hall–Kier alpha value is -1.91. The second-order valence-corrected chi connectivity index (χ2v) is 5.76. The van der Waals surface area contributed by atoms with Gasteiger partial charge in [0.05, 0.1) is 20.3 Å². The van der Waals surface area contributed by atoms with Gasteiger partial charge in [-0.3, -0.25) is 0 Å². The van der Waals surface area contributed by atoms with Gasteiger partial charge in [-0.2, -0.15) is 0 Å². The maximum Gasteiger partial charge on any atom is 0.191 e. The van der Waals surface area contributed by atoms with Crippen LogP contribution in [0.5, 0.6) is 11.5 Å². The zero-order chi connectivity index (χ0) is 15.9. The average molecular weight is 305 g/mol. The molecule has 2 N–H and O–H groups in total. The van der Waals surface area contributed by atoms with Crippen molar-refractivity contribution in [1.82, 2.24) is 4.90 Å². The Bertz CT molecular complexity index is 509. The molecule has 0 aliphatic carbocycles. The quantitative estimate of drug-likeness (QED) is 0.671. The van der Waals surface area contributed by atoms with Crippen LogP contribution < -0.4 is 15.2 Å². The smallest absolute Gasteiger partial charge is 0.191 e. The molecule has 5 heteroatoms. The van der Waals surface area contributed by atoms with Gasteiger partial charge in [0.1, 0.15) is 0 Å². The largest absolute Gasteiger partial charge is 0.493 e. The maximum absolute atomic E-state index is 6.11. The van der Waals surface area contributed by atoms with Gasteiger partial charge in [0.2, 0.25) is 0 Å². The van der Waals surface area contributed by atoms with E-state index in [1.807, 2.05) is 25.1 Å². The zero-order valence-corrected chi connectivity index (χ0v) is 13.8. The Labute approximate surface area is 133 Å². The molecular weight excluding hydrogens is 278 g/mol.